The number of carbonyl (C=O) groups is 1. The van der Waals surface area contributed by atoms with E-state index < -0.39 is 6.55 Å². The summed E-state index contributed by atoms with van der Waals surface area (Å²) in [5.41, 5.74) is 0.0143. The molecule has 25 heavy (non-hydrogen) atoms. The minimum absolute atomic E-state index is 0.0143. The molecule has 1 aliphatic rings. The Bertz CT molecular complexity index is 718. The molecule has 0 spiro atoms. The summed E-state index contributed by atoms with van der Waals surface area (Å²) >= 11 is 0. The van der Waals surface area contributed by atoms with E-state index in [1.54, 1.807) is 17.0 Å². The number of hydrogen-bond acceptors (Lipinski definition) is 3. The maximum atomic E-state index is 12.9. The summed E-state index contributed by atoms with van der Waals surface area (Å²) in [5.74, 6) is 0.0105. The molecule has 2 aromatic rings. The average Bonchev–Trinajstić information content (AvgIpc) is 3.11. The van der Waals surface area contributed by atoms with Crippen molar-refractivity contribution in [1.29, 1.82) is 0 Å². The van der Waals surface area contributed by atoms with Crippen molar-refractivity contribution in [2.45, 2.75) is 19.4 Å². The fourth-order valence-corrected chi connectivity index (χ4v) is 2.85. The lowest BCUT2D eigenvalue weighted by Gasteiger charge is -2.32. The molecule has 8 heteroatoms. The third-order valence-corrected chi connectivity index (χ3v) is 4.13. The number of alkyl halides is 2. The molecule has 0 N–H and O–H groups in total. The molecule has 1 saturated heterocycles. The first kappa shape index (κ1) is 17.3. The molecule has 1 aromatic carbocycles. The predicted octanol–water partition coefficient (Wildman–Crippen LogP) is 3.35. The van der Waals surface area contributed by atoms with Crippen molar-refractivity contribution in [3.05, 3.63) is 48.0 Å². The maximum Gasteiger partial charge on any atom is 0.333 e. The van der Waals surface area contributed by atoms with Crippen LogP contribution >= 0.6 is 0 Å². The molecule has 3 rings (SSSR count). The standard InChI is InChI=1S/C17H18F3N3O2/c18-13-3-5-14(6-4-13)25-11-12-2-1-8-22(10-12)16(24)15-7-9-23(21-15)17(19)20/h3-7,9,12,17H,1-2,8,10-11H2/t12-/m1/s1. The number of halogens is 3. The molecular weight excluding hydrogens is 335 g/mol. The normalized spacial score (nSPS) is 17.8. The first-order valence-corrected chi connectivity index (χ1v) is 8.04. The van der Waals surface area contributed by atoms with E-state index >= 15 is 0 Å². The zero-order chi connectivity index (χ0) is 17.8. The van der Waals surface area contributed by atoms with Crippen LogP contribution in [0.15, 0.2) is 36.5 Å². The zero-order valence-corrected chi connectivity index (χ0v) is 13.4. The van der Waals surface area contributed by atoms with Crippen LogP contribution in [-0.2, 0) is 0 Å². The van der Waals surface area contributed by atoms with Gasteiger partial charge in [0.2, 0.25) is 0 Å². The van der Waals surface area contributed by atoms with Gasteiger partial charge in [-0.1, -0.05) is 0 Å². The van der Waals surface area contributed by atoms with Gasteiger partial charge in [-0.3, -0.25) is 4.79 Å². The van der Waals surface area contributed by atoms with Crippen molar-refractivity contribution in [2.75, 3.05) is 19.7 Å². The number of amides is 1. The van der Waals surface area contributed by atoms with E-state index in [0.29, 0.717) is 30.1 Å². The minimum Gasteiger partial charge on any atom is -0.493 e. The second kappa shape index (κ2) is 7.58. The molecule has 2 heterocycles. The van der Waals surface area contributed by atoms with Crippen LogP contribution in [0.2, 0.25) is 0 Å². The van der Waals surface area contributed by atoms with E-state index in [0.717, 1.165) is 19.0 Å². The summed E-state index contributed by atoms with van der Waals surface area (Å²) in [5, 5.41) is 3.62. The van der Waals surface area contributed by atoms with Gasteiger partial charge < -0.3 is 9.64 Å². The van der Waals surface area contributed by atoms with E-state index in [1.165, 1.54) is 18.2 Å². The highest BCUT2D eigenvalue weighted by atomic mass is 19.3. The van der Waals surface area contributed by atoms with Crippen LogP contribution < -0.4 is 4.74 Å². The fourth-order valence-electron chi connectivity index (χ4n) is 2.85. The monoisotopic (exact) mass is 353 g/mol. The topological polar surface area (TPSA) is 47.4 Å². The Morgan fingerprint density at radius 2 is 2.04 bits per heavy atom. The Kier molecular flexibility index (Phi) is 5.25. The van der Waals surface area contributed by atoms with Crippen molar-refractivity contribution in [2.24, 2.45) is 5.92 Å². The third-order valence-electron chi connectivity index (χ3n) is 4.13. The van der Waals surface area contributed by atoms with Gasteiger partial charge in [-0.05, 0) is 43.2 Å². The molecule has 1 atom stereocenters. The summed E-state index contributed by atoms with van der Waals surface area (Å²) in [6.07, 6.45) is 2.80. The van der Waals surface area contributed by atoms with Gasteiger partial charge in [0.05, 0.1) is 6.61 Å². The highest BCUT2D eigenvalue weighted by molar-refractivity contribution is 5.92. The Morgan fingerprint density at radius 3 is 2.72 bits per heavy atom. The second-order valence-corrected chi connectivity index (χ2v) is 5.98. The van der Waals surface area contributed by atoms with E-state index in [4.69, 9.17) is 4.74 Å². The number of hydrogen-bond donors (Lipinski definition) is 0. The van der Waals surface area contributed by atoms with Crippen molar-refractivity contribution in [3.8, 4) is 5.75 Å². The summed E-state index contributed by atoms with van der Waals surface area (Å²) in [7, 11) is 0. The smallest absolute Gasteiger partial charge is 0.333 e. The summed E-state index contributed by atoms with van der Waals surface area (Å²) in [4.78, 5) is 14.0. The maximum absolute atomic E-state index is 12.9. The van der Waals surface area contributed by atoms with Crippen LogP contribution in [0.3, 0.4) is 0 Å². The van der Waals surface area contributed by atoms with Crippen molar-refractivity contribution in [3.63, 3.8) is 0 Å². The molecule has 1 aliphatic heterocycles. The van der Waals surface area contributed by atoms with Crippen LogP contribution in [0.5, 0.6) is 5.75 Å². The molecule has 0 aliphatic carbocycles. The van der Waals surface area contributed by atoms with E-state index in [2.05, 4.69) is 5.10 Å². The van der Waals surface area contributed by atoms with Gasteiger partial charge in [0, 0.05) is 25.2 Å². The first-order valence-electron chi connectivity index (χ1n) is 8.04. The molecule has 0 saturated carbocycles. The van der Waals surface area contributed by atoms with Gasteiger partial charge in [-0.2, -0.15) is 13.9 Å². The van der Waals surface area contributed by atoms with E-state index in [-0.39, 0.29) is 23.3 Å². The van der Waals surface area contributed by atoms with Crippen LogP contribution in [0.4, 0.5) is 13.2 Å². The van der Waals surface area contributed by atoms with Gasteiger partial charge in [0.1, 0.15) is 11.6 Å². The Morgan fingerprint density at radius 1 is 1.28 bits per heavy atom. The summed E-state index contributed by atoms with van der Waals surface area (Å²) in [6, 6.07) is 7.06. The number of ether oxygens (including phenoxy) is 1. The van der Waals surface area contributed by atoms with Gasteiger partial charge in [-0.25, -0.2) is 9.07 Å². The lowest BCUT2D eigenvalue weighted by Crippen LogP contribution is -2.41. The number of piperidine rings is 1. The number of aromatic nitrogens is 2. The van der Waals surface area contributed by atoms with Gasteiger partial charge in [0.15, 0.2) is 5.69 Å². The van der Waals surface area contributed by atoms with E-state index in [9.17, 15) is 18.0 Å². The molecule has 0 unspecified atom stereocenters. The molecule has 1 amide bonds. The zero-order valence-electron chi connectivity index (χ0n) is 13.4. The Balaban J connectivity index is 1.56. The fraction of sp³-hybridized carbons (Fsp3) is 0.412. The Labute approximate surface area is 143 Å². The molecule has 1 fully saturated rings. The van der Waals surface area contributed by atoms with Crippen molar-refractivity contribution in [1.82, 2.24) is 14.7 Å². The second-order valence-electron chi connectivity index (χ2n) is 5.98. The van der Waals surface area contributed by atoms with Crippen LogP contribution in [0.1, 0.15) is 29.9 Å². The lowest BCUT2D eigenvalue weighted by molar-refractivity contribution is 0.0535. The average molecular weight is 353 g/mol. The molecular formula is C17H18F3N3O2. The van der Waals surface area contributed by atoms with Gasteiger partial charge in [0.25, 0.3) is 5.91 Å². The molecule has 5 nitrogen and oxygen atoms in total. The van der Waals surface area contributed by atoms with Crippen LogP contribution in [-0.4, -0.2) is 40.3 Å². The lowest BCUT2D eigenvalue weighted by atomic mass is 9.98. The third kappa shape index (κ3) is 4.32. The first-order chi connectivity index (χ1) is 12.0. The van der Waals surface area contributed by atoms with Gasteiger partial charge >= 0.3 is 6.55 Å². The predicted molar refractivity (Wildman–Crippen MR) is 84.0 cm³/mol. The van der Waals surface area contributed by atoms with Crippen LogP contribution in [0.25, 0.3) is 0 Å². The number of benzene rings is 1. The minimum atomic E-state index is -2.76. The summed E-state index contributed by atoms with van der Waals surface area (Å²) in [6.45, 7) is -1.32. The number of likely N-dealkylation sites (tertiary alicyclic amines) is 1. The van der Waals surface area contributed by atoms with Crippen molar-refractivity contribution >= 4 is 5.91 Å². The summed E-state index contributed by atoms with van der Waals surface area (Å²) < 4.78 is 44.1. The number of nitrogens with zero attached hydrogens (tertiary/aromatic N) is 3. The van der Waals surface area contributed by atoms with E-state index in [1.807, 2.05) is 0 Å². The molecule has 1 aromatic heterocycles. The largest absolute Gasteiger partial charge is 0.493 e. The SMILES string of the molecule is O=C(c1ccn(C(F)F)n1)N1CCC[C@@H](COc2ccc(F)cc2)C1. The highest BCUT2D eigenvalue weighted by Gasteiger charge is 2.26. The molecule has 134 valence electrons. The number of rotatable bonds is 5. The van der Waals surface area contributed by atoms with Crippen molar-refractivity contribution < 1.29 is 22.7 Å². The van der Waals surface area contributed by atoms with Gasteiger partial charge in [-0.15, -0.1) is 0 Å². The Hall–Kier alpha value is -2.51. The molecule has 0 bridgehead atoms. The quantitative estimate of drug-likeness (QED) is 0.828. The molecule has 0 radical (unpaired) electrons. The van der Waals surface area contributed by atoms with Crippen LogP contribution in [0, 0.1) is 11.7 Å². The highest BCUT2D eigenvalue weighted by Crippen LogP contribution is 2.21. The number of carbonyl (C=O) groups excluding carboxylic acids is 1.